The van der Waals surface area contributed by atoms with Crippen molar-refractivity contribution < 1.29 is 0 Å². The van der Waals surface area contributed by atoms with Gasteiger partial charge in [-0.15, -0.1) is 0 Å². The molecule has 0 aliphatic carbocycles. The fraction of sp³-hybridized carbons (Fsp3) is 0. The van der Waals surface area contributed by atoms with E-state index in [4.69, 9.17) is 0 Å². The van der Waals surface area contributed by atoms with Gasteiger partial charge in [-0.1, -0.05) is 36.4 Å². The van der Waals surface area contributed by atoms with Crippen molar-refractivity contribution >= 4 is 22.3 Å². The molecule has 0 amide bonds. The molecule has 3 rings (SSSR count). The van der Waals surface area contributed by atoms with Gasteiger partial charge < -0.3 is 5.32 Å². The summed E-state index contributed by atoms with van der Waals surface area (Å²) in [5, 5.41) is 5.66. The molecule has 0 radical (unpaired) electrons. The standard InChI is InChI=1S/C14H11N3/c1-2-6-12-11(4-1)5-3-7-13(12)17-14-10-15-8-9-16-14/h1-10H,(H,16,17). The van der Waals surface area contributed by atoms with E-state index >= 15 is 0 Å². The maximum atomic E-state index is 4.21. The normalized spacial score (nSPS) is 10.4. The quantitative estimate of drug-likeness (QED) is 0.721. The average molecular weight is 221 g/mol. The smallest absolute Gasteiger partial charge is 0.148 e. The fourth-order valence-electron chi connectivity index (χ4n) is 1.84. The molecule has 0 fully saturated rings. The van der Waals surface area contributed by atoms with Gasteiger partial charge in [0.1, 0.15) is 5.82 Å². The molecule has 82 valence electrons. The Morgan fingerprint density at radius 1 is 0.882 bits per heavy atom. The summed E-state index contributed by atoms with van der Waals surface area (Å²) < 4.78 is 0. The van der Waals surface area contributed by atoms with Crippen LogP contribution in [0.2, 0.25) is 0 Å². The lowest BCUT2D eigenvalue weighted by Gasteiger charge is -2.08. The highest BCUT2D eigenvalue weighted by Crippen LogP contribution is 2.24. The number of nitrogens with zero attached hydrogens (tertiary/aromatic N) is 2. The molecule has 1 aromatic heterocycles. The first-order chi connectivity index (χ1) is 8.43. The van der Waals surface area contributed by atoms with E-state index in [1.165, 1.54) is 10.8 Å². The van der Waals surface area contributed by atoms with Crippen LogP contribution in [0.5, 0.6) is 0 Å². The maximum absolute atomic E-state index is 4.21. The van der Waals surface area contributed by atoms with Crippen molar-refractivity contribution in [3.05, 3.63) is 61.1 Å². The van der Waals surface area contributed by atoms with Gasteiger partial charge in [0.05, 0.1) is 6.20 Å². The maximum Gasteiger partial charge on any atom is 0.148 e. The van der Waals surface area contributed by atoms with Crippen molar-refractivity contribution in [1.82, 2.24) is 9.97 Å². The molecule has 17 heavy (non-hydrogen) atoms. The van der Waals surface area contributed by atoms with Crippen LogP contribution in [-0.2, 0) is 0 Å². The molecule has 0 unspecified atom stereocenters. The van der Waals surface area contributed by atoms with Crippen LogP contribution < -0.4 is 5.32 Å². The zero-order chi connectivity index (χ0) is 11.5. The summed E-state index contributed by atoms with van der Waals surface area (Å²) in [4.78, 5) is 8.24. The second kappa shape index (κ2) is 4.22. The lowest BCUT2D eigenvalue weighted by Crippen LogP contribution is -1.94. The number of fused-ring (bicyclic) bond motifs is 1. The number of benzene rings is 2. The van der Waals surface area contributed by atoms with Crippen LogP contribution >= 0.6 is 0 Å². The first kappa shape index (κ1) is 9.78. The number of hydrogen-bond acceptors (Lipinski definition) is 3. The molecule has 0 bridgehead atoms. The van der Waals surface area contributed by atoms with Crippen LogP contribution in [0.15, 0.2) is 61.1 Å². The van der Waals surface area contributed by atoms with Gasteiger partial charge in [0, 0.05) is 23.5 Å². The Kier molecular flexibility index (Phi) is 2.43. The minimum atomic E-state index is 0.754. The Balaban J connectivity index is 2.06. The highest BCUT2D eigenvalue weighted by atomic mass is 15.0. The number of anilines is 2. The summed E-state index contributed by atoms with van der Waals surface area (Å²) in [5.74, 6) is 0.754. The van der Waals surface area contributed by atoms with Gasteiger partial charge in [0.2, 0.25) is 0 Å². The summed E-state index contributed by atoms with van der Waals surface area (Å²) in [6, 6.07) is 14.4. The van der Waals surface area contributed by atoms with Gasteiger partial charge in [0.15, 0.2) is 0 Å². The first-order valence-electron chi connectivity index (χ1n) is 5.44. The van der Waals surface area contributed by atoms with Crippen LogP contribution in [0.3, 0.4) is 0 Å². The molecule has 0 spiro atoms. The Bertz CT molecular complexity index is 630. The van der Waals surface area contributed by atoms with Gasteiger partial charge in [-0.25, -0.2) is 4.98 Å². The van der Waals surface area contributed by atoms with E-state index in [2.05, 4.69) is 33.5 Å². The van der Waals surface area contributed by atoms with E-state index in [0.29, 0.717) is 0 Å². The second-order valence-corrected chi connectivity index (χ2v) is 3.74. The lowest BCUT2D eigenvalue weighted by molar-refractivity contribution is 1.20. The first-order valence-corrected chi connectivity index (χ1v) is 5.44. The van der Waals surface area contributed by atoms with Crippen molar-refractivity contribution in [3.63, 3.8) is 0 Å². The Labute approximate surface area is 99.2 Å². The Morgan fingerprint density at radius 3 is 2.65 bits per heavy atom. The van der Waals surface area contributed by atoms with Gasteiger partial charge in [-0.05, 0) is 11.5 Å². The van der Waals surface area contributed by atoms with Crippen molar-refractivity contribution in [1.29, 1.82) is 0 Å². The van der Waals surface area contributed by atoms with Gasteiger partial charge >= 0.3 is 0 Å². The van der Waals surface area contributed by atoms with Crippen LogP contribution in [0, 0.1) is 0 Å². The largest absolute Gasteiger partial charge is 0.338 e. The minimum Gasteiger partial charge on any atom is -0.338 e. The van der Waals surface area contributed by atoms with E-state index in [0.717, 1.165) is 11.5 Å². The number of rotatable bonds is 2. The highest BCUT2D eigenvalue weighted by Gasteiger charge is 2.00. The van der Waals surface area contributed by atoms with Gasteiger partial charge in [-0.2, -0.15) is 0 Å². The zero-order valence-corrected chi connectivity index (χ0v) is 9.17. The van der Waals surface area contributed by atoms with E-state index in [9.17, 15) is 0 Å². The molecule has 3 heteroatoms. The molecule has 0 saturated carbocycles. The van der Waals surface area contributed by atoms with Crippen molar-refractivity contribution in [2.45, 2.75) is 0 Å². The number of aromatic nitrogens is 2. The summed E-state index contributed by atoms with van der Waals surface area (Å²) in [6.45, 7) is 0. The van der Waals surface area contributed by atoms with Crippen LogP contribution in [-0.4, -0.2) is 9.97 Å². The average Bonchev–Trinajstić information content (AvgIpc) is 2.40. The molecule has 3 nitrogen and oxygen atoms in total. The molecule has 1 N–H and O–H groups in total. The highest BCUT2D eigenvalue weighted by molar-refractivity contribution is 5.94. The third kappa shape index (κ3) is 1.95. The van der Waals surface area contributed by atoms with Crippen molar-refractivity contribution in [2.24, 2.45) is 0 Å². The number of hydrogen-bond donors (Lipinski definition) is 1. The third-order valence-corrected chi connectivity index (χ3v) is 2.62. The molecule has 2 aromatic carbocycles. The van der Waals surface area contributed by atoms with Crippen LogP contribution in [0.4, 0.5) is 11.5 Å². The molecular formula is C14H11N3. The second-order valence-electron chi connectivity index (χ2n) is 3.74. The zero-order valence-electron chi connectivity index (χ0n) is 9.17. The molecule has 0 aliphatic rings. The Morgan fingerprint density at radius 2 is 1.76 bits per heavy atom. The Hall–Kier alpha value is -2.42. The SMILES string of the molecule is c1ccc2c(Nc3cnccn3)cccc2c1. The van der Waals surface area contributed by atoms with Gasteiger partial charge in [-0.3, -0.25) is 4.98 Å². The molecule has 0 atom stereocenters. The number of nitrogens with one attached hydrogen (secondary N) is 1. The van der Waals surface area contributed by atoms with E-state index < -0.39 is 0 Å². The predicted molar refractivity (Wildman–Crippen MR) is 69.3 cm³/mol. The molecule has 0 aliphatic heterocycles. The summed E-state index contributed by atoms with van der Waals surface area (Å²) in [7, 11) is 0. The minimum absolute atomic E-state index is 0.754. The molecule has 1 heterocycles. The van der Waals surface area contributed by atoms with Crippen LogP contribution in [0.1, 0.15) is 0 Å². The summed E-state index contributed by atoms with van der Waals surface area (Å²) in [5.41, 5.74) is 1.05. The molecule has 0 saturated heterocycles. The molecular weight excluding hydrogens is 210 g/mol. The fourth-order valence-corrected chi connectivity index (χ4v) is 1.84. The molecule has 3 aromatic rings. The van der Waals surface area contributed by atoms with Gasteiger partial charge in [0.25, 0.3) is 0 Å². The van der Waals surface area contributed by atoms with Crippen molar-refractivity contribution in [2.75, 3.05) is 5.32 Å². The van der Waals surface area contributed by atoms with Crippen LogP contribution in [0.25, 0.3) is 10.8 Å². The third-order valence-electron chi connectivity index (χ3n) is 2.62. The summed E-state index contributed by atoms with van der Waals surface area (Å²) in [6.07, 6.45) is 5.05. The van der Waals surface area contributed by atoms with E-state index in [1.807, 2.05) is 24.3 Å². The lowest BCUT2D eigenvalue weighted by atomic mass is 10.1. The monoisotopic (exact) mass is 221 g/mol. The van der Waals surface area contributed by atoms with Crippen molar-refractivity contribution in [3.8, 4) is 0 Å². The topological polar surface area (TPSA) is 37.8 Å². The predicted octanol–water partition coefficient (Wildman–Crippen LogP) is 3.37. The van der Waals surface area contributed by atoms with E-state index in [1.54, 1.807) is 18.6 Å². The summed E-state index contributed by atoms with van der Waals surface area (Å²) >= 11 is 0. The van der Waals surface area contributed by atoms with E-state index in [-0.39, 0.29) is 0 Å².